The highest BCUT2D eigenvalue weighted by Gasteiger charge is 2.29. The minimum Gasteiger partial charge on any atom is -0.326 e. The van der Waals surface area contributed by atoms with E-state index in [-0.39, 0.29) is 17.2 Å². The van der Waals surface area contributed by atoms with Gasteiger partial charge in [-0.3, -0.25) is 4.79 Å². The number of para-hydroxylation sites is 1. The maximum atomic E-state index is 13.0. The van der Waals surface area contributed by atoms with Gasteiger partial charge in [0.1, 0.15) is 5.65 Å². The van der Waals surface area contributed by atoms with Crippen molar-refractivity contribution in [3.63, 3.8) is 0 Å². The molecule has 0 saturated heterocycles. The lowest BCUT2D eigenvalue weighted by atomic mass is 9.85. The van der Waals surface area contributed by atoms with Crippen LogP contribution in [0.3, 0.4) is 0 Å². The van der Waals surface area contributed by atoms with E-state index < -0.39 is 0 Å². The van der Waals surface area contributed by atoms with Crippen LogP contribution in [0.5, 0.6) is 0 Å². The fourth-order valence-corrected chi connectivity index (χ4v) is 3.86. The van der Waals surface area contributed by atoms with Gasteiger partial charge in [0.25, 0.3) is 0 Å². The van der Waals surface area contributed by atoms with Crippen molar-refractivity contribution in [2.45, 2.75) is 45.4 Å². The summed E-state index contributed by atoms with van der Waals surface area (Å²) in [6.45, 7) is 6.51. The van der Waals surface area contributed by atoms with Gasteiger partial charge >= 0.3 is 0 Å². The van der Waals surface area contributed by atoms with Crippen LogP contribution in [0.25, 0.3) is 5.65 Å². The topological polar surface area (TPSA) is 46.4 Å². The predicted molar refractivity (Wildman–Crippen MR) is 104 cm³/mol. The summed E-state index contributed by atoms with van der Waals surface area (Å²) in [6.07, 6.45) is 4.48. The zero-order chi connectivity index (χ0) is 18.3. The summed E-state index contributed by atoms with van der Waals surface area (Å²) in [6, 6.07) is 14.1. The van der Waals surface area contributed by atoms with Crippen LogP contribution < -0.4 is 5.32 Å². The van der Waals surface area contributed by atoms with Gasteiger partial charge in [-0.1, -0.05) is 45.0 Å². The standard InChI is InChI=1S/C22H25N3O/c1-22(2,3)16-8-4-5-9-17(16)24-21(26)15-11-12-18-19(14-15)25-13-7-6-10-20(25)23-18/h4-10,13,15H,11-12,14H2,1-3H3,(H,24,26). The molecule has 4 nitrogen and oxygen atoms in total. The monoisotopic (exact) mass is 347 g/mol. The second kappa shape index (κ2) is 6.27. The number of anilines is 1. The number of aryl methyl sites for hydroxylation is 1. The van der Waals surface area contributed by atoms with Gasteiger partial charge < -0.3 is 9.72 Å². The summed E-state index contributed by atoms with van der Waals surface area (Å²) < 4.78 is 2.12. The van der Waals surface area contributed by atoms with E-state index in [2.05, 4.69) is 36.6 Å². The Morgan fingerprint density at radius 3 is 2.73 bits per heavy atom. The molecule has 1 amide bonds. The molecule has 0 radical (unpaired) electrons. The molecule has 1 unspecified atom stereocenters. The third-order valence-corrected chi connectivity index (χ3v) is 5.24. The maximum absolute atomic E-state index is 13.0. The van der Waals surface area contributed by atoms with Crippen molar-refractivity contribution in [3.8, 4) is 0 Å². The Labute approximate surface area is 154 Å². The molecule has 1 atom stereocenters. The van der Waals surface area contributed by atoms with Crippen LogP contribution >= 0.6 is 0 Å². The van der Waals surface area contributed by atoms with Gasteiger partial charge in [-0.15, -0.1) is 0 Å². The van der Waals surface area contributed by atoms with E-state index in [9.17, 15) is 4.79 Å². The minimum absolute atomic E-state index is 0.00867. The van der Waals surface area contributed by atoms with Crippen molar-refractivity contribution < 1.29 is 4.79 Å². The molecular weight excluding hydrogens is 322 g/mol. The lowest BCUT2D eigenvalue weighted by Gasteiger charge is -2.25. The number of hydrogen-bond donors (Lipinski definition) is 1. The fourth-order valence-electron chi connectivity index (χ4n) is 3.86. The smallest absolute Gasteiger partial charge is 0.227 e. The second-order valence-corrected chi connectivity index (χ2v) is 8.16. The Morgan fingerprint density at radius 1 is 1.15 bits per heavy atom. The van der Waals surface area contributed by atoms with E-state index in [1.807, 2.05) is 42.6 Å². The van der Waals surface area contributed by atoms with Crippen LogP contribution in [0.2, 0.25) is 0 Å². The summed E-state index contributed by atoms with van der Waals surface area (Å²) in [5, 5.41) is 3.19. The second-order valence-electron chi connectivity index (χ2n) is 8.16. The Kier molecular flexibility index (Phi) is 4.06. The van der Waals surface area contributed by atoms with Crippen molar-refractivity contribution in [1.29, 1.82) is 0 Å². The van der Waals surface area contributed by atoms with E-state index in [0.29, 0.717) is 0 Å². The molecule has 4 rings (SSSR count). The van der Waals surface area contributed by atoms with Crippen LogP contribution in [0.15, 0.2) is 48.7 Å². The van der Waals surface area contributed by atoms with Crippen molar-refractivity contribution in [2.24, 2.45) is 5.92 Å². The van der Waals surface area contributed by atoms with Gasteiger partial charge in [-0.2, -0.15) is 0 Å². The molecule has 4 heteroatoms. The highest BCUT2D eigenvalue weighted by molar-refractivity contribution is 5.93. The first-order valence-corrected chi connectivity index (χ1v) is 9.29. The van der Waals surface area contributed by atoms with Crippen molar-refractivity contribution >= 4 is 17.2 Å². The van der Waals surface area contributed by atoms with E-state index in [1.54, 1.807) is 0 Å². The molecule has 3 aromatic rings. The van der Waals surface area contributed by atoms with E-state index >= 15 is 0 Å². The highest BCUT2D eigenvalue weighted by Crippen LogP contribution is 2.31. The van der Waals surface area contributed by atoms with Crippen LogP contribution in [0.1, 0.15) is 44.1 Å². The average molecular weight is 347 g/mol. The molecular formula is C22H25N3O. The zero-order valence-corrected chi connectivity index (χ0v) is 15.6. The third-order valence-electron chi connectivity index (χ3n) is 5.24. The fraction of sp³-hybridized carbons (Fsp3) is 0.364. The summed E-state index contributed by atoms with van der Waals surface area (Å²) in [5.41, 5.74) is 5.36. The number of carbonyl (C=O) groups excluding carboxylic acids is 1. The average Bonchev–Trinajstić information content (AvgIpc) is 2.99. The number of imidazole rings is 1. The van der Waals surface area contributed by atoms with Crippen LogP contribution in [-0.4, -0.2) is 15.3 Å². The number of benzene rings is 1. The molecule has 1 aliphatic carbocycles. The van der Waals surface area contributed by atoms with Crippen molar-refractivity contribution in [3.05, 3.63) is 65.6 Å². The largest absolute Gasteiger partial charge is 0.326 e. The molecule has 134 valence electrons. The molecule has 2 heterocycles. The number of pyridine rings is 1. The number of nitrogens with zero attached hydrogens (tertiary/aromatic N) is 2. The molecule has 0 fully saturated rings. The summed E-state index contributed by atoms with van der Waals surface area (Å²) in [5.74, 6) is 0.0915. The van der Waals surface area contributed by atoms with Crippen LogP contribution in [-0.2, 0) is 23.1 Å². The van der Waals surface area contributed by atoms with E-state index in [0.717, 1.165) is 36.3 Å². The summed E-state index contributed by atoms with van der Waals surface area (Å²) in [7, 11) is 0. The van der Waals surface area contributed by atoms with Gasteiger partial charge in [0.05, 0.1) is 5.69 Å². The minimum atomic E-state index is -0.0179. The molecule has 1 aromatic carbocycles. The van der Waals surface area contributed by atoms with Crippen LogP contribution in [0, 0.1) is 5.92 Å². The Morgan fingerprint density at radius 2 is 1.92 bits per heavy atom. The van der Waals surface area contributed by atoms with Crippen molar-refractivity contribution in [1.82, 2.24) is 9.38 Å². The van der Waals surface area contributed by atoms with E-state index in [4.69, 9.17) is 4.98 Å². The number of aromatic nitrogens is 2. The van der Waals surface area contributed by atoms with Gasteiger partial charge in [-0.05, 0) is 42.0 Å². The number of amides is 1. The molecule has 0 bridgehead atoms. The number of fused-ring (bicyclic) bond motifs is 3. The summed E-state index contributed by atoms with van der Waals surface area (Å²) >= 11 is 0. The lowest BCUT2D eigenvalue weighted by molar-refractivity contribution is -0.120. The van der Waals surface area contributed by atoms with Gasteiger partial charge in [0.15, 0.2) is 0 Å². The zero-order valence-electron chi connectivity index (χ0n) is 15.6. The van der Waals surface area contributed by atoms with Crippen LogP contribution in [0.4, 0.5) is 5.69 Å². The molecule has 1 N–H and O–H groups in total. The Hall–Kier alpha value is -2.62. The number of nitrogens with one attached hydrogen (secondary N) is 1. The summed E-state index contributed by atoms with van der Waals surface area (Å²) in [4.78, 5) is 17.7. The van der Waals surface area contributed by atoms with Gasteiger partial charge in [0.2, 0.25) is 5.91 Å². The molecule has 0 saturated carbocycles. The molecule has 2 aromatic heterocycles. The van der Waals surface area contributed by atoms with Gasteiger partial charge in [0, 0.05) is 29.9 Å². The molecule has 0 spiro atoms. The van der Waals surface area contributed by atoms with E-state index in [1.165, 1.54) is 11.3 Å². The lowest BCUT2D eigenvalue weighted by Crippen LogP contribution is -2.29. The van der Waals surface area contributed by atoms with Crippen molar-refractivity contribution in [2.75, 3.05) is 5.32 Å². The maximum Gasteiger partial charge on any atom is 0.227 e. The number of carbonyl (C=O) groups is 1. The SMILES string of the molecule is CC(C)(C)c1ccccc1NC(=O)C1CCc2nc3ccccn3c2C1. The number of hydrogen-bond acceptors (Lipinski definition) is 2. The Bertz CT molecular complexity index is 965. The Balaban J connectivity index is 1.58. The molecule has 1 aliphatic rings. The quantitative estimate of drug-likeness (QED) is 0.748. The molecule has 0 aliphatic heterocycles. The first-order chi connectivity index (χ1) is 12.4. The highest BCUT2D eigenvalue weighted by atomic mass is 16.1. The van der Waals surface area contributed by atoms with Gasteiger partial charge in [-0.25, -0.2) is 4.98 Å². The first kappa shape index (κ1) is 16.8. The third kappa shape index (κ3) is 3.00. The molecule has 26 heavy (non-hydrogen) atoms. The first-order valence-electron chi connectivity index (χ1n) is 9.29. The normalized spacial score (nSPS) is 17.1. The number of rotatable bonds is 2. The predicted octanol–water partition coefficient (Wildman–Crippen LogP) is 4.38.